The molecule has 244 valence electrons. The molecule has 0 amide bonds. The molecule has 2 aliphatic heterocycles. The predicted molar refractivity (Wildman–Crippen MR) is 169 cm³/mol. The smallest absolute Gasteiger partial charge is 0.256 e. The van der Waals surface area contributed by atoms with E-state index in [1.807, 2.05) is 31.3 Å². The van der Waals surface area contributed by atoms with E-state index >= 15 is 0 Å². The minimum Gasteiger partial charge on any atom is -0.487 e. The fourth-order valence-electron chi connectivity index (χ4n) is 6.18. The first-order valence-corrected chi connectivity index (χ1v) is 16.3. The van der Waals surface area contributed by atoms with Gasteiger partial charge < -0.3 is 24.3 Å². The van der Waals surface area contributed by atoms with Gasteiger partial charge >= 0.3 is 0 Å². The average Bonchev–Trinajstić information content (AvgIpc) is 3.72. The van der Waals surface area contributed by atoms with E-state index in [1.165, 1.54) is 0 Å². The Balaban J connectivity index is 1.02. The van der Waals surface area contributed by atoms with Gasteiger partial charge in [0.05, 0.1) is 56.8 Å². The summed E-state index contributed by atoms with van der Waals surface area (Å²) in [6.07, 6.45) is 11.4. The summed E-state index contributed by atoms with van der Waals surface area (Å²) >= 11 is 6.45. The molecule has 15 heteroatoms. The molecule has 1 N–H and O–H groups in total. The van der Waals surface area contributed by atoms with Crippen molar-refractivity contribution >= 4 is 23.2 Å². The molecule has 5 heterocycles. The van der Waals surface area contributed by atoms with Crippen LogP contribution in [0.1, 0.15) is 38.6 Å². The Morgan fingerprint density at radius 2 is 1.80 bits per heavy atom. The Hall–Kier alpha value is -3.85. The summed E-state index contributed by atoms with van der Waals surface area (Å²) in [6, 6.07) is 6.56. The maximum atomic E-state index is 6.45. The van der Waals surface area contributed by atoms with Crippen molar-refractivity contribution in [2.24, 2.45) is 5.92 Å². The fourth-order valence-corrected chi connectivity index (χ4v) is 6.34. The molecule has 7 rings (SSSR count). The second-order valence-electron chi connectivity index (χ2n) is 12.2. The zero-order chi connectivity index (χ0) is 31.3. The molecule has 4 aromatic rings. The lowest BCUT2D eigenvalue weighted by atomic mass is 9.90. The number of halogens is 1. The third-order valence-electron chi connectivity index (χ3n) is 8.79. The van der Waals surface area contributed by atoms with Gasteiger partial charge in [0.15, 0.2) is 0 Å². The van der Waals surface area contributed by atoms with Gasteiger partial charge in [-0.05, 0) is 60.7 Å². The first-order valence-electron chi connectivity index (χ1n) is 16.0. The van der Waals surface area contributed by atoms with Gasteiger partial charge in [-0.25, -0.2) is 14.6 Å². The molecule has 1 atom stereocenters. The summed E-state index contributed by atoms with van der Waals surface area (Å²) in [5.41, 5.74) is 2.46. The molecule has 3 fully saturated rings. The van der Waals surface area contributed by atoms with Crippen LogP contribution in [-0.4, -0.2) is 103 Å². The lowest BCUT2D eigenvalue weighted by Gasteiger charge is -2.38. The molecule has 1 aliphatic carbocycles. The number of hydrogen-bond donors (Lipinski definition) is 1. The van der Waals surface area contributed by atoms with E-state index in [2.05, 4.69) is 40.4 Å². The number of aromatic nitrogens is 8. The van der Waals surface area contributed by atoms with Gasteiger partial charge in [0.2, 0.25) is 5.95 Å². The van der Waals surface area contributed by atoms with Crippen molar-refractivity contribution in [3.63, 3.8) is 0 Å². The molecule has 3 aromatic heterocycles. The van der Waals surface area contributed by atoms with Crippen molar-refractivity contribution in [3.8, 4) is 22.8 Å². The normalized spacial score (nSPS) is 21.4. The van der Waals surface area contributed by atoms with E-state index in [4.69, 9.17) is 35.6 Å². The Bertz CT molecular complexity index is 1550. The highest BCUT2D eigenvalue weighted by Crippen LogP contribution is 2.35. The number of benzene rings is 1. The van der Waals surface area contributed by atoms with Gasteiger partial charge in [0, 0.05) is 43.0 Å². The number of anilines is 2. The van der Waals surface area contributed by atoms with Crippen molar-refractivity contribution < 1.29 is 18.9 Å². The van der Waals surface area contributed by atoms with E-state index in [9.17, 15) is 0 Å². The summed E-state index contributed by atoms with van der Waals surface area (Å²) in [6.45, 7) is 8.15. The van der Waals surface area contributed by atoms with Crippen molar-refractivity contribution in [1.29, 1.82) is 0 Å². The summed E-state index contributed by atoms with van der Waals surface area (Å²) in [4.78, 5) is 11.8. The van der Waals surface area contributed by atoms with Crippen LogP contribution in [0.15, 0.2) is 43.1 Å². The van der Waals surface area contributed by atoms with Crippen LogP contribution in [0.25, 0.3) is 11.1 Å². The van der Waals surface area contributed by atoms with Gasteiger partial charge in [-0.15, -0.1) is 10.2 Å². The van der Waals surface area contributed by atoms with Crippen LogP contribution >= 0.6 is 11.6 Å². The van der Waals surface area contributed by atoms with E-state index in [-0.39, 0.29) is 6.10 Å². The summed E-state index contributed by atoms with van der Waals surface area (Å²) in [5.74, 6) is 1.96. The number of rotatable bonds is 12. The third kappa shape index (κ3) is 7.41. The predicted octanol–water partition coefficient (Wildman–Crippen LogP) is 4.03. The minimum atomic E-state index is -0.201. The maximum Gasteiger partial charge on any atom is 0.256 e. The number of ether oxygens (including phenoxy) is 4. The van der Waals surface area contributed by atoms with Gasteiger partial charge in [-0.2, -0.15) is 0 Å². The molecule has 0 unspecified atom stereocenters. The van der Waals surface area contributed by atoms with Gasteiger partial charge in [0.1, 0.15) is 23.9 Å². The number of nitrogens with one attached hydrogen (secondary N) is 1. The van der Waals surface area contributed by atoms with Crippen LogP contribution < -0.4 is 14.8 Å². The van der Waals surface area contributed by atoms with Gasteiger partial charge in [-0.1, -0.05) is 17.7 Å². The van der Waals surface area contributed by atoms with Crippen LogP contribution in [-0.2, 0) is 16.0 Å². The van der Waals surface area contributed by atoms with E-state index in [0.717, 1.165) is 82.0 Å². The zero-order valence-electron chi connectivity index (χ0n) is 25.9. The quantitative estimate of drug-likeness (QED) is 0.237. The number of nitrogens with zero attached hydrogens (tertiary/aromatic N) is 9. The number of tetrazole rings is 1. The summed E-state index contributed by atoms with van der Waals surface area (Å²) in [5, 5.41) is 20.0. The van der Waals surface area contributed by atoms with E-state index in [0.29, 0.717) is 53.8 Å². The third-order valence-corrected chi connectivity index (χ3v) is 9.10. The Kier molecular flexibility index (Phi) is 9.56. The van der Waals surface area contributed by atoms with Crippen LogP contribution in [0, 0.1) is 5.92 Å². The first-order chi connectivity index (χ1) is 22.6. The van der Waals surface area contributed by atoms with E-state index in [1.54, 1.807) is 23.4 Å². The molecule has 0 radical (unpaired) electrons. The van der Waals surface area contributed by atoms with Crippen molar-refractivity contribution in [1.82, 2.24) is 44.9 Å². The number of hydrogen-bond acceptors (Lipinski definition) is 12. The SMILES string of the molecule is C[C@@H](Cn1cnnn1)Oc1cc(-c2cnc(Nc3cn([C@H]4CC[C@H](N5CCOCC5)CC4)nc3OCC3COC3)nc2)ccc1Cl. The second-order valence-corrected chi connectivity index (χ2v) is 12.6. The topological polar surface area (TPSA) is 139 Å². The van der Waals surface area contributed by atoms with Gasteiger partial charge in [0.25, 0.3) is 5.88 Å². The molecule has 1 saturated carbocycles. The molecule has 0 bridgehead atoms. The highest BCUT2D eigenvalue weighted by atomic mass is 35.5. The highest BCUT2D eigenvalue weighted by molar-refractivity contribution is 6.32. The largest absolute Gasteiger partial charge is 0.487 e. The molecule has 1 aromatic carbocycles. The maximum absolute atomic E-state index is 6.45. The minimum absolute atomic E-state index is 0.201. The van der Waals surface area contributed by atoms with Crippen molar-refractivity contribution in [2.75, 3.05) is 51.4 Å². The lowest BCUT2D eigenvalue weighted by molar-refractivity contribution is -0.0514. The molecule has 3 aliphatic rings. The lowest BCUT2D eigenvalue weighted by Crippen LogP contribution is -2.45. The molecule has 0 spiro atoms. The first kappa shape index (κ1) is 30.8. The molecule has 46 heavy (non-hydrogen) atoms. The molecular weight excluding hydrogens is 612 g/mol. The summed E-state index contributed by atoms with van der Waals surface area (Å²) < 4.78 is 26.9. The highest BCUT2D eigenvalue weighted by Gasteiger charge is 2.29. The second kappa shape index (κ2) is 14.3. The van der Waals surface area contributed by atoms with Crippen LogP contribution in [0.2, 0.25) is 5.02 Å². The standard InChI is InChI=1S/C31H39ClN10O4/c1-21(15-41-20-35-38-39-41)46-29-12-23(2-7-27(29)32)24-13-33-31(34-14-24)36-28-16-42(37-30(28)45-19-22-17-44-18-22)26-5-3-25(4-6-26)40-8-10-43-11-9-40/h2,7,12-14,16,20-22,25-26H,3-6,8-11,15,17-19H2,1H3,(H,33,34,36)/t21-,25-,26-/m0/s1. The number of morpholine rings is 1. The molecule has 14 nitrogen and oxygen atoms in total. The van der Waals surface area contributed by atoms with Crippen LogP contribution in [0.3, 0.4) is 0 Å². The van der Waals surface area contributed by atoms with Crippen LogP contribution in [0.5, 0.6) is 11.6 Å². The zero-order valence-corrected chi connectivity index (χ0v) is 26.6. The molecule has 2 saturated heterocycles. The Labute approximate surface area is 272 Å². The average molecular weight is 651 g/mol. The van der Waals surface area contributed by atoms with Gasteiger partial charge in [-0.3, -0.25) is 9.58 Å². The Morgan fingerprint density at radius 3 is 2.52 bits per heavy atom. The van der Waals surface area contributed by atoms with Crippen LogP contribution in [0.4, 0.5) is 11.6 Å². The monoisotopic (exact) mass is 650 g/mol. The van der Waals surface area contributed by atoms with Crippen molar-refractivity contribution in [3.05, 3.63) is 48.1 Å². The van der Waals surface area contributed by atoms with Crippen molar-refractivity contribution in [2.45, 2.75) is 57.3 Å². The van der Waals surface area contributed by atoms with E-state index < -0.39 is 0 Å². The fraction of sp³-hybridized carbons (Fsp3) is 0.548. The molecular formula is C31H39ClN10O4. The summed E-state index contributed by atoms with van der Waals surface area (Å²) in [7, 11) is 0. The Morgan fingerprint density at radius 1 is 1.02 bits per heavy atom.